The first kappa shape index (κ1) is 19.0. The molecule has 2 aliphatic rings. The fourth-order valence-corrected chi connectivity index (χ4v) is 3.57. The van der Waals surface area contributed by atoms with Crippen LogP contribution < -0.4 is 15.5 Å². The van der Waals surface area contributed by atoms with Gasteiger partial charge in [0.25, 0.3) is 0 Å². The summed E-state index contributed by atoms with van der Waals surface area (Å²) in [5.74, 6) is -0.857. The van der Waals surface area contributed by atoms with Crippen molar-refractivity contribution in [3.05, 3.63) is 29.3 Å². The number of amides is 2. The zero-order valence-electron chi connectivity index (χ0n) is 13.6. The van der Waals surface area contributed by atoms with Crippen molar-refractivity contribution in [1.29, 1.82) is 0 Å². The van der Waals surface area contributed by atoms with Gasteiger partial charge in [0.2, 0.25) is 11.8 Å². The van der Waals surface area contributed by atoms with Crippen molar-refractivity contribution in [3.63, 3.8) is 0 Å². The molecule has 3 unspecified atom stereocenters. The van der Waals surface area contributed by atoms with E-state index in [9.17, 15) is 9.59 Å². The van der Waals surface area contributed by atoms with Crippen LogP contribution in [0.2, 0.25) is 5.02 Å². The Hall–Kier alpha value is -1.30. The summed E-state index contributed by atoms with van der Waals surface area (Å²) >= 11 is 5.99. The van der Waals surface area contributed by atoms with Gasteiger partial charge in [-0.1, -0.05) is 17.7 Å². The number of hydrogen-bond acceptors (Lipinski definition) is 3. The van der Waals surface area contributed by atoms with E-state index in [1.54, 1.807) is 17.0 Å². The summed E-state index contributed by atoms with van der Waals surface area (Å²) in [4.78, 5) is 26.7. The number of anilines is 1. The third-order valence-corrected chi connectivity index (χ3v) is 4.85. The highest BCUT2D eigenvalue weighted by Crippen LogP contribution is 2.27. The Balaban J connectivity index is 0.00000208. The molecule has 1 aromatic carbocycles. The van der Waals surface area contributed by atoms with E-state index < -0.39 is 5.92 Å². The minimum atomic E-state index is -0.584. The molecule has 3 atom stereocenters. The fraction of sp³-hybridized carbons (Fsp3) is 0.529. The Morgan fingerprint density at radius 2 is 2.17 bits per heavy atom. The molecule has 0 aliphatic carbocycles. The van der Waals surface area contributed by atoms with Crippen molar-refractivity contribution in [2.24, 2.45) is 5.92 Å². The van der Waals surface area contributed by atoms with E-state index in [2.05, 4.69) is 17.6 Å². The zero-order chi connectivity index (χ0) is 16.4. The van der Waals surface area contributed by atoms with Gasteiger partial charge in [-0.3, -0.25) is 9.59 Å². The second-order valence-corrected chi connectivity index (χ2v) is 6.83. The van der Waals surface area contributed by atoms with Gasteiger partial charge >= 0.3 is 0 Å². The van der Waals surface area contributed by atoms with E-state index >= 15 is 0 Å². The molecule has 1 aromatic rings. The molecule has 0 aromatic heterocycles. The lowest BCUT2D eigenvalue weighted by molar-refractivity contribution is -0.132. The molecule has 3 rings (SSSR count). The van der Waals surface area contributed by atoms with Gasteiger partial charge in [-0.2, -0.15) is 0 Å². The highest BCUT2D eigenvalue weighted by atomic mass is 35.5. The van der Waals surface area contributed by atoms with Crippen molar-refractivity contribution in [1.82, 2.24) is 10.6 Å². The number of halogens is 2. The van der Waals surface area contributed by atoms with Gasteiger partial charge < -0.3 is 15.5 Å². The third kappa shape index (κ3) is 4.21. The summed E-state index contributed by atoms with van der Waals surface area (Å²) in [6.07, 6.45) is 2.37. The van der Waals surface area contributed by atoms with E-state index in [0.29, 0.717) is 24.0 Å². The van der Waals surface area contributed by atoms with Crippen LogP contribution >= 0.6 is 24.0 Å². The molecular formula is C17H23Cl2N3O2. The minimum absolute atomic E-state index is 0. The Kier molecular flexibility index (Phi) is 6.49. The smallest absolute Gasteiger partial charge is 0.239 e. The molecule has 2 heterocycles. The van der Waals surface area contributed by atoms with Gasteiger partial charge in [0.05, 0.1) is 0 Å². The van der Waals surface area contributed by atoms with Crippen molar-refractivity contribution in [2.45, 2.75) is 38.3 Å². The number of carbonyl (C=O) groups is 2. The minimum Gasteiger partial charge on any atom is -0.353 e. The van der Waals surface area contributed by atoms with E-state index in [1.165, 1.54) is 0 Å². The maximum atomic E-state index is 12.6. The number of hydrogen-bond donors (Lipinski definition) is 2. The number of nitrogens with one attached hydrogen (secondary N) is 2. The fourth-order valence-electron chi connectivity index (χ4n) is 3.39. The maximum Gasteiger partial charge on any atom is 0.239 e. The molecule has 5 nitrogen and oxygen atoms in total. The summed E-state index contributed by atoms with van der Waals surface area (Å²) in [6.45, 7) is 3.57. The maximum absolute atomic E-state index is 12.6. The number of rotatable bonds is 3. The lowest BCUT2D eigenvalue weighted by Gasteiger charge is -2.29. The SMILES string of the molecule is CC1CC(NC(=O)C2CCN(c3cccc(Cl)c3)C2=O)CCN1.Cl. The molecule has 24 heavy (non-hydrogen) atoms. The molecule has 2 amide bonds. The largest absolute Gasteiger partial charge is 0.353 e. The summed E-state index contributed by atoms with van der Waals surface area (Å²) in [7, 11) is 0. The van der Waals surface area contributed by atoms with E-state index in [0.717, 1.165) is 25.1 Å². The molecule has 0 radical (unpaired) electrons. The molecule has 0 bridgehead atoms. The standard InChI is InChI=1S/C17H22ClN3O2.ClH/c1-11-9-13(5-7-19-11)20-16(22)15-6-8-21(17(15)23)14-4-2-3-12(18)10-14;/h2-4,10-11,13,15,19H,5-9H2,1H3,(H,20,22);1H. The molecule has 2 saturated heterocycles. The molecular weight excluding hydrogens is 349 g/mol. The van der Waals surface area contributed by atoms with Crippen LogP contribution in [0.1, 0.15) is 26.2 Å². The Morgan fingerprint density at radius 3 is 2.88 bits per heavy atom. The quantitative estimate of drug-likeness (QED) is 0.801. The normalized spacial score (nSPS) is 26.8. The summed E-state index contributed by atoms with van der Waals surface area (Å²) in [5, 5.41) is 7.00. The van der Waals surface area contributed by atoms with Gasteiger partial charge in [0, 0.05) is 29.3 Å². The monoisotopic (exact) mass is 371 g/mol. The topological polar surface area (TPSA) is 61.4 Å². The highest BCUT2D eigenvalue weighted by molar-refractivity contribution is 6.31. The third-order valence-electron chi connectivity index (χ3n) is 4.61. The lowest BCUT2D eigenvalue weighted by atomic mass is 9.99. The second kappa shape index (κ2) is 8.19. The number of carbonyl (C=O) groups excluding carboxylic acids is 2. The Morgan fingerprint density at radius 1 is 1.38 bits per heavy atom. The molecule has 0 saturated carbocycles. The molecule has 132 valence electrons. The van der Waals surface area contributed by atoms with Crippen LogP contribution in [0, 0.1) is 5.92 Å². The molecule has 2 fully saturated rings. The number of nitrogens with zero attached hydrogens (tertiary/aromatic N) is 1. The average Bonchev–Trinajstić information content (AvgIpc) is 2.89. The first-order valence-corrected chi connectivity index (χ1v) is 8.53. The molecule has 2 aliphatic heterocycles. The van der Waals surface area contributed by atoms with E-state index in [-0.39, 0.29) is 30.3 Å². The Bertz CT molecular complexity index is 611. The van der Waals surface area contributed by atoms with Gasteiger partial charge in [0.1, 0.15) is 5.92 Å². The second-order valence-electron chi connectivity index (χ2n) is 6.40. The number of benzene rings is 1. The average molecular weight is 372 g/mol. The zero-order valence-corrected chi connectivity index (χ0v) is 15.2. The first-order chi connectivity index (χ1) is 11.0. The van der Waals surface area contributed by atoms with Crippen molar-refractivity contribution in [2.75, 3.05) is 18.0 Å². The summed E-state index contributed by atoms with van der Waals surface area (Å²) < 4.78 is 0. The van der Waals surface area contributed by atoms with Crippen molar-refractivity contribution in [3.8, 4) is 0 Å². The molecule has 7 heteroatoms. The Labute approximate surface area is 153 Å². The van der Waals surface area contributed by atoms with Crippen LogP contribution in [-0.2, 0) is 9.59 Å². The number of piperidine rings is 1. The molecule has 2 N–H and O–H groups in total. The van der Waals surface area contributed by atoms with Crippen LogP contribution in [-0.4, -0.2) is 37.0 Å². The van der Waals surface area contributed by atoms with Crippen molar-refractivity contribution < 1.29 is 9.59 Å². The lowest BCUT2D eigenvalue weighted by Crippen LogP contribution is -2.49. The molecule has 0 spiro atoms. The van der Waals surface area contributed by atoms with Crippen LogP contribution in [0.3, 0.4) is 0 Å². The van der Waals surface area contributed by atoms with Crippen LogP contribution in [0.4, 0.5) is 5.69 Å². The first-order valence-electron chi connectivity index (χ1n) is 8.15. The van der Waals surface area contributed by atoms with E-state index in [4.69, 9.17) is 11.6 Å². The summed E-state index contributed by atoms with van der Waals surface area (Å²) in [5.41, 5.74) is 0.758. The van der Waals surface area contributed by atoms with Crippen molar-refractivity contribution >= 4 is 41.5 Å². The van der Waals surface area contributed by atoms with Gasteiger partial charge in [0.15, 0.2) is 0 Å². The van der Waals surface area contributed by atoms with Crippen LogP contribution in [0.25, 0.3) is 0 Å². The predicted octanol–water partition coefficient (Wildman–Crippen LogP) is 2.37. The highest BCUT2D eigenvalue weighted by Gasteiger charge is 2.38. The van der Waals surface area contributed by atoms with Gasteiger partial charge in [-0.25, -0.2) is 0 Å². The van der Waals surface area contributed by atoms with Gasteiger partial charge in [-0.05, 0) is 50.9 Å². The van der Waals surface area contributed by atoms with Gasteiger partial charge in [-0.15, -0.1) is 12.4 Å². The predicted molar refractivity (Wildman–Crippen MR) is 97.8 cm³/mol. The van der Waals surface area contributed by atoms with Crippen LogP contribution in [0.5, 0.6) is 0 Å². The van der Waals surface area contributed by atoms with Crippen LogP contribution in [0.15, 0.2) is 24.3 Å². The van der Waals surface area contributed by atoms with E-state index in [1.807, 2.05) is 12.1 Å². The summed E-state index contributed by atoms with van der Waals surface area (Å²) in [6, 6.07) is 7.75.